The average Bonchev–Trinajstić information content (AvgIpc) is 3.37. The number of amides is 2. The molecule has 3 N–H and O–H groups in total. The molecule has 3 aromatic rings. The van der Waals surface area contributed by atoms with Gasteiger partial charge in [-0.3, -0.25) is 14.3 Å². The molecule has 2 aromatic carbocycles. The molecule has 164 valence electrons. The van der Waals surface area contributed by atoms with Crippen LogP contribution in [-0.2, 0) is 11.3 Å². The molecule has 32 heavy (non-hydrogen) atoms. The van der Waals surface area contributed by atoms with Crippen LogP contribution in [0.3, 0.4) is 0 Å². The van der Waals surface area contributed by atoms with E-state index in [1.165, 1.54) is 0 Å². The number of aromatic amines is 1. The second kappa shape index (κ2) is 7.99. The minimum absolute atomic E-state index is 0.117. The molecule has 0 bridgehead atoms. The Bertz CT molecular complexity index is 1220. The predicted molar refractivity (Wildman–Crippen MR) is 115 cm³/mol. The summed E-state index contributed by atoms with van der Waals surface area (Å²) in [6, 6.07) is 14.6. The van der Waals surface area contributed by atoms with E-state index in [1.54, 1.807) is 4.90 Å². The van der Waals surface area contributed by atoms with Crippen molar-refractivity contribution < 1.29 is 19.2 Å². The van der Waals surface area contributed by atoms with Gasteiger partial charge in [0.15, 0.2) is 5.82 Å². The molecule has 1 aliphatic carbocycles. The lowest BCUT2D eigenvalue weighted by Gasteiger charge is -2.34. The summed E-state index contributed by atoms with van der Waals surface area (Å²) in [5.41, 5.74) is 3.43. The molecular weight excluding hydrogens is 412 g/mol. The van der Waals surface area contributed by atoms with Crippen molar-refractivity contribution in [1.82, 2.24) is 20.4 Å². The smallest absolute Gasteiger partial charge is 0.439 e. The van der Waals surface area contributed by atoms with Crippen molar-refractivity contribution in [3.63, 3.8) is 0 Å². The quantitative estimate of drug-likeness (QED) is 0.566. The third-order valence-corrected chi connectivity index (χ3v) is 6.34. The number of nitrogens with one attached hydrogen (secondary N) is 2. The highest BCUT2D eigenvalue weighted by Gasteiger charge is 2.48. The summed E-state index contributed by atoms with van der Waals surface area (Å²) >= 11 is 0. The SMILES string of the molecule is O=C(O)C1CCCC2NC(=O)N(Cc3ccc(-c4ccccc4-c4noc(=O)[nH]4)cc3)C21. The second-order valence-corrected chi connectivity index (χ2v) is 8.24. The maximum Gasteiger partial charge on any atom is 0.439 e. The van der Waals surface area contributed by atoms with Gasteiger partial charge < -0.3 is 15.3 Å². The number of hydrogen-bond acceptors (Lipinski definition) is 5. The minimum atomic E-state index is -0.848. The number of aromatic nitrogens is 2. The van der Waals surface area contributed by atoms with E-state index in [4.69, 9.17) is 0 Å². The van der Waals surface area contributed by atoms with Gasteiger partial charge in [-0.2, -0.15) is 0 Å². The molecule has 2 amide bonds. The van der Waals surface area contributed by atoms with Crippen molar-refractivity contribution in [2.24, 2.45) is 5.92 Å². The van der Waals surface area contributed by atoms with Gasteiger partial charge in [0.05, 0.1) is 18.0 Å². The van der Waals surface area contributed by atoms with Gasteiger partial charge in [-0.1, -0.05) is 60.1 Å². The number of benzene rings is 2. The lowest BCUT2D eigenvalue weighted by Crippen LogP contribution is -2.48. The average molecular weight is 434 g/mol. The Labute approximate surface area is 183 Å². The van der Waals surface area contributed by atoms with E-state index < -0.39 is 17.6 Å². The molecule has 2 aliphatic rings. The monoisotopic (exact) mass is 434 g/mol. The molecule has 2 heterocycles. The van der Waals surface area contributed by atoms with E-state index in [2.05, 4.69) is 20.0 Å². The van der Waals surface area contributed by atoms with Gasteiger partial charge in [0, 0.05) is 12.1 Å². The molecule has 9 heteroatoms. The van der Waals surface area contributed by atoms with E-state index >= 15 is 0 Å². The molecule has 9 nitrogen and oxygen atoms in total. The minimum Gasteiger partial charge on any atom is -0.481 e. The fraction of sp³-hybridized carbons (Fsp3) is 0.304. The van der Waals surface area contributed by atoms with Gasteiger partial charge in [0.2, 0.25) is 0 Å². The number of nitrogens with zero attached hydrogens (tertiary/aromatic N) is 2. The van der Waals surface area contributed by atoms with E-state index in [0.717, 1.165) is 35.1 Å². The first-order valence-corrected chi connectivity index (χ1v) is 10.6. The molecule has 1 saturated carbocycles. The summed E-state index contributed by atoms with van der Waals surface area (Å²) in [4.78, 5) is 39.9. The zero-order chi connectivity index (χ0) is 22.2. The van der Waals surface area contributed by atoms with Crippen LogP contribution in [-0.4, -0.2) is 44.2 Å². The van der Waals surface area contributed by atoms with Gasteiger partial charge in [-0.15, -0.1) is 0 Å². The first-order chi connectivity index (χ1) is 15.5. The molecule has 0 spiro atoms. The number of aliphatic carboxylic acids is 1. The van der Waals surface area contributed by atoms with Gasteiger partial charge in [-0.25, -0.2) is 9.59 Å². The first kappa shape index (κ1) is 20.0. The standard InChI is InChI=1S/C23H22N4O5/c28-21(29)17-6-3-7-18-19(17)27(22(30)24-18)12-13-8-10-14(11-9-13)15-4-1-2-5-16(15)20-25-23(31)32-26-20/h1-2,4-5,8-11,17-19H,3,6-7,12H2,(H,24,30)(H,28,29)(H,25,26,31). The van der Waals surface area contributed by atoms with Crippen LogP contribution >= 0.6 is 0 Å². The number of urea groups is 1. The zero-order valence-corrected chi connectivity index (χ0v) is 17.2. The maximum atomic E-state index is 12.6. The highest BCUT2D eigenvalue weighted by Crippen LogP contribution is 2.35. The largest absolute Gasteiger partial charge is 0.481 e. The number of fused-ring (bicyclic) bond motifs is 1. The number of hydrogen-bond donors (Lipinski definition) is 3. The highest BCUT2D eigenvalue weighted by atomic mass is 16.5. The van der Waals surface area contributed by atoms with Crippen LogP contribution in [0.15, 0.2) is 57.8 Å². The van der Waals surface area contributed by atoms with Gasteiger partial charge in [0.25, 0.3) is 0 Å². The summed E-state index contributed by atoms with van der Waals surface area (Å²) in [6.45, 7) is 0.343. The Morgan fingerprint density at radius 2 is 1.84 bits per heavy atom. The molecule has 3 unspecified atom stereocenters. The number of rotatable bonds is 5. The fourth-order valence-electron chi connectivity index (χ4n) is 4.87. The predicted octanol–water partition coefficient (Wildman–Crippen LogP) is 2.84. The number of carbonyl (C=O) groups is 2. The van der Waals surface area contributed by atoms with Crippen molar-refractivity contribution in [3.05, 3.63) is 64.6 Å². The number of carboxylic acids is 1. The van der Waals surface area contributed by atoms with E-state index in [0.29, 0.717) is 18.8 Å². The Kier molecular flexibility index (Phi) is 5.01. The van der Waals surface area contributed by atoms with Crippen molar-refractivity contribution in [2.45, 2.75) is 37.9 Å². The normalized spacial score (nSPS) is 22.4. The Hall–Kier alpha value is -3.88. The molecule has 1 saturated heterocycles. The summed E-state index contributed by atoms with van der Waals surface area (Å²) in [5.74, 6) is -1.66. The number of carbonyl (C=O) groups excluding carboxylic acids is 1. The zero-order valence-electron chi connectivity index (χ0n) is 17.2. The molecule has 1 aliphatic heterocycles. The second-order valence-electron chi connectivity index (χ2n) is 8.24. The Morgan fingerprint density at radius 3 is 2.53 bits per heavy atom. The molecule has 1 aromatic heterocycles. The number of carboxylic acid groups (broad SMARTS) is 1. The summed E-state index contributed by atoms with van der Waals surface area (Å²) in [7, 11) is 0. The van der Waals surface area contributed by atoms with E-state index in [1.807, 2.05) is 48.5 Å². The lowest BCUT2D eigenvalue weighted by molar-refractivity contribution is -0.145. The Balaban J connectivity index is 1.40. The van der Waals surface area contributed by atoms with E-state index in [-0.39, 0.29) is 18.1 Å². The summed E-state index contributed by atoms with van der Waals surface area (Å²) < 4.78 is 4.64. The van der Waals surface area contributed by atoms with Gasteiger partial charge in [-0.05, 0) is 29.5 Å². The van der Waals surface area contributed by atoms with Crippen LogP contribution in [0.1, 0.15) is 24.8 Å². The fourth-order valence-corrected chi connectivity index (χ4v) is 4.87. The van der Waals surface area contributed by atoms with Crippen LogP contribution in [0.2, 0.25) is 0 Å². The maximum absolute atomic E-state index is 12.6. The van der Waals surface area contributed by atoms with Crippen LogP contribution in [0.4, 0.5) is 4.79 Å². The first-order valence-electron chi connectivity index (χ1n) is 10.6. The summed E-state index contributed by atoms with van der Waals surface area (Å²) in [5, 5.41) is 16.4. The van der Waals surface area contributed by atoms with Crippen LogP contribution in [0, 0.1) is 5.92 Å². The third kappa shape index (κ3) is 3.55. The van der Waals surface area contributed by atoms with Crippen LogP contribution < -0.4 is 11.1 Å². The molecule has 2 fully saturated rings. The van der Waals surface area contributed by atoms with Gasteiger partial charge >= 0.3 is 17.8 Å². The van der Waals surface area contributed by atoms with Gasteiger partial charge in [0.1, 0.15) is 0 Å². The van der Waals surface area contributed by atoms with Crippen molar-refractivity contribution in [1.29, 1.82) is 0 Å². The number of H-pyrrole nitrogens is 1. The summed E-state index contributed by atoms with van der Waals surface area (Å²) in [6.07, 6.45) is 2.19. The molecular formula is C23H22N4O5. The van der Waals surface area contributed by atoms with E-state index in [9.17, 15) is 19.5 Å². The molecule has 0 radical (unpaired) electrons. The Morgan fingerprint density at radius 1 is 1.09 bits per heavy atom. The van der Waals surface area contributed by atoms with Crippen molar-refractivity contribution in [3.8, 4) is 22.5 Å². The van der Waals surface area contributed by atoms with Crippen LogP contribution in [0.25, 0.3) is 22.5 Å². The molecule has 5 rings (SSSR count). The third-order valence-electron chi connectivity index (χ3n) is 6.34. The van der Waals surface area contributed by atoms with Crippen molar-refractivity contribution >= 4 is 12.0 Å². The lowest BCUT2D eigenvalue weighted by atomic mass is 9.81. The topological polar surface area (TPSA) is 129 Å². The van der Waals surface area contributed by atoms with Crippen LogP contribution in [0.5, 0.6) is 0 Å². The molecule has 3 atom stereocenters. The highest BCUT2D eigenvalue weighted by molar-refractivity contribution is 5.81. The van der Waals surface area contributed by atoms with Crippen molar-refractivity contribution in [2.75, 3.05) is 0 Å².